The molecule has 7 aromatic rings. The Morgan fingerprint density at radius 2 is 0.697 bits per heavy atom. The zero-order valence-electron chi connectivity index (χ0n) is 34.6. The molecule has 0 aliphatic carbocycles. The van der Waals surface area contributed by atoms with Crippen molar-refractivity contribution in [1.82, 2.24) is 0 Å². The number of carbonyl (C=O) groups is 1. The van der Waals surface area contributed by atoms with E-state index in [9.17, 15) is 61.7 Å². The van der Waals surface area contributed by atoms with Crippen molar-refractivity contribution in [1.29, 1.82) is 0 Å². The predicted molar refractivity (Wildman–Crippen MR) is 234 cm³/mol. The molecule has 0 heterocycles. The first kappa shape index (κ1) is 49.0. The fraction of sp³-hybridized carbons (Fsp3) is 0.140. The molecule has 16 heteroatoms. The Morgan fingerprint density at radius 3 is 1.00 bits per heavy atom. The summed E-state index contributed by atoms with van der Waals surface area (Å²) in [5.41, 5.74) is -1.29. The van der Waals surface area contributed by atoms with Crippen LogP contribution in [0.4, 0.5) is 52.7 Å². The van der Waals surface area contributed by atoms with Gasteiger partial charge in [-0.05, 0) is 29.7 Å². The number of hydrogen-bond donors (Lipinski definition) is 0. The number of alkyl halides is 12. The lowest BCUT2D eigenvalue weighted by Crippen LogP contribution is -2.74. The molecule has 0 N–H and O–H groups in total. The summed E-state index contributed by atoms with van der Waals surface area (Å²) in [5.74, 6) is -0.0442. The van der Waals surface area contributed by atoms with Crippen LogP contribution in [0.1, 0.15) is 43.7 Å². The summed E-state index contributed by atoms with van der Waals surface area (Å²) in [5, 5.41) is 0. The summed E-state index contributed by atoms with van der Waals surface area (Å²) in [6.07, 6.45) is -19.5. The Balaban J connectivity index is 0.000000245. The van der Waals surface area contributed by atoms with E-state index in [0.29, 0.717) is 54.1 Å². The van der Waals surface area contributed by atoms with E-state index >= 15 is 0 Å². The van der Waals surface area contributed by atoms with Gasteiger partial charge in [-0.25, -0.2) is 0 Å². The fourth-order valence-electron chi connectivity index (χ4n) is 7.76. The van der Waals surface area contributed by atoms with E-state index in [-0.39, 0.29) is 33.4 Å². The Kier molecular flexibility index (Phi) is 14.3. The van der Waals surface area contributed by atoms with E-state index in [1.165, 1.54) is 5.56 Å². The van der Waals surface area contributed by atoms with Gasteiger partial charge < -0.3 is 0 Å². The molecule has 66 heavy (non-hydrogen) atoms. The molecular formula is C50H37BF12O2S. The maximum Gasteiger partial charge on any atom is 0.416 e. The molecule has 1 unspecified atom stereocenters. The van der Waals surface area contributed by atoms with Crippen LogP contribution in [0.25, 0.3) is 0 Å². The zero-order chi connectivity index (χ0) is 48.1. The Labute approximate surface area is 373 Å². The fourth-order valence-corrected chi connectivity index (χ4v) is 9.33. The SMILES string of the molecule is C[S+](=O)(CC(=O)c1ccc(Cc2ccccc2)cc1)c1ccccc1.FC(F)(F)c1ccc([B-](c2ccc(C(F)(F)F)cc2)(c2ccc(C(F)(F)F)cc2)c2ccc(C(F)(F)F)cc2)cc1. The molecule has 0 saturated carbocycles. The zero-order valence-corrected chi connectivity index (χ0v) is 35.4. The van der Waals surface area contributed by atoms with Crippen LogP contribution in [0.5, 0.6) is 0 Å². The van der Waals surface area contributed by atoms with Crippen LogP contribution in [-0.2, 0) is 45.3 Å². The van der Waals surface area contributed by atoms with Crippen molar-refractivity contribution in [2.75, 3.05) is 12.0 Å². The van der Waals surface area contributed by atoms with E-state index in [4.69, 9.17) is 0 Å². The highest BCUT2D eigenvalue weighted by molar-refractivity contribution is 8.03. The van der Waals surface area contributed by atoms with Crippen molar-refractivity contribution >= 4 is 43.7 Å². The van der Waals surface area contributed by atoms with Gasteiger partial charge in [0.15, 0.2) is 10.6 Å². The highest BCUT2D eigenvalue weighted by Gasteiger charge is 2.38. The topological polar surface area (TPSA) is 34.1 Å². The van der Waals surface area contributed by atoms with Crippen molar-refractivity contribution in [2.45, 2.75) is 36.0 Å². The van der Waals surface area contributed by atoms with Gasteiger partial charge in [-0.2, -0.15) is 74.5 Å². The first-order chi connectivity index (χ1) is 30.9. The number of rotatable bonds is 10. The molecule has 0 spiro atoms. The van der Waals surface area contributed by atoms with E-state index in [1.54, 1.807) is 6.26 Å². The lowest BCUT2D eigenvalue weighted by atomic mass is 9.13. The maximum atomic E-state index is 13.3. The summed E-state index contributed by atoms with van der Waals surface area (Å²) in [6.45, 7) is 0. The van der Waals surface area contributed by atoms with Crippen LogP contribution in [0.15, 0.2) is 187 Å². The first-order valence-corrected chi connectivity index (χ1v) is 22.1. The second-order valence-electron chi connectivity index (χ2n) is 15.6. The minimum atomic E-state index is -4.77. The third kappa shape index (κ3) is 11.5. The molecule has 0 aliphatic rings. The van der Waals surface area contributed by atoms with Gasteiger partial charge in [-0.3, -0.25) is 4.79 Å². The monoisotopic (exact) mass is 940 g/mol. The Bertz CT molecular complexity index is 2520. The highest BCUT2D eigenvalue weighted by atomic mass is 32.2. The molecular weight excluding hydrogens is 903 g/mol. The number of benzene rings is 7. The molecule has 7 rings (SSSR count). The molecule has 1 atom stereocenters. The third-order valence-electron chi connectivity index (χ3n) is 11.1. The number of ketones is 1. The average molecular weight is 941 g/mol. The molecule has 0 aliphatic heterocycles. The standard InChI is InChI=1S/C28H16BF12.C22H21O2S/c30-25(31,32)17-1-9-21(10-2-17)29(22-11-3-18(4-12-22)26(33,34)35,23-13-5-19(6-14-23)27(36,37)38)24-15-7-20(8-16-24)28(39,40)41;1-25(24,21-10-6-3-7-11-21)17-22(23)20-14-12-19(13-15-20)16-18-8-4-2-5-9-18/h1-16H;2-15H,16-17H2,1H3/q-1;+1. The van der Waals surface area contributed by atoms with Crippen LogP contribution in [0.3, 0.4) is 0 Å². The summed E-state index contributed by atoms with van der Waals surface area (Å²) in [7, 11) is -2.37. The molecule has 342 valence electrons. The van der Waals surface area contributed by atoms with Crippen LogP contribution in [0, 0.1) is 0 Å². The van der Waals surface area contributed by atoms with Gasteiger partial charge in [0.25, 0.3) is 0 Å². The van der Waals surface area contributed by atoms with Gasteiger partial charge >= 0.3 is 24.7 Å². The smallest absolute Gasteiger partial charge is 0.289 e. The van der Waals surface area contributed by atoms with Crippen LogP contribution in [0.2, 0.25) is 0 Å². The van der Waals surface area contributed by atoms with Gasteiger partial charge in [-0.15, -0.1) is 0 Å². The van der Waals surface area contributed by atoms with E-state index in [0.717, 1.165) is 65.4 Å². The van der Waals surface area contributed by atoms with Crippen LogP contribution >= 0.6 is 0 Å². The third-order valence-corrected chi connectivity index (χ3v) is 13.2. The quantitative estimate of drug-likeness (QED) is 0.0593. The van der Waals surface area contributed by atoms with E-state index in [1.807, 2.05) is 72.8 Å². The van der Waals surface area contributed by atoms with Gasteiger partial charge in [0.1, 0.15) is 22.3 Å². The molecule has 0 saturated heterocycles. The van der Waals surface area contributed by atoms with Gasteiger partial charge in [-0.1, -0.05) is 174 Å². The van der Waals surface area contributed by atoms with Crippen molar-refractivity contribution in [3.63, 3.8) is 0 Å². The second kappa shape index (κ2) is 19.2. The maximum absolute atomic E-state index is 13.3. The van der Waals surface area contributed by atoms with Crippen molar-refractivity contribution < 1.29 is 61.7 Å². The Hall–Kier alpha value is -6.42. The normalized spacial score (nSPS) is 13.3. The molecule has 7 aromatic carbocycles. The molecule has 0 fully saturated rings. The van der Waals surface area contributed by atoms with Gasteiger partial charge in [0.05, 0.1) is 22.3 Å². The van der Waals surface area contributed by atoms with Crippen LogP contribution in [-0.4, -0.2) is 23.9 Å². The predicted octanol–water partition coefficient (Wildman–Crippen LogP) is 11.8. The average Bonchev–Trinajstić information content (AvgIpc) is 3.27. The molecule has 2 nitrogen and oxygen atoms in total. The van der Waals surface area contributed by atoms with Crippen molar-refractivity contribution in [2.24, 2.45) is 0 Å². The first-order valence-electron chi connectivity index (χ1n) is 19.9. The second-order valence-corrected chi connectivity index (χ2v) is 18.4. The molecule has 0 bridgehead atoms. The van der Waals surface area contributed by atoms with E-state index in [2.05, 4.69) is 12.1 Å². The number of hydrogen-bond acceptors (Lipinski definition) is 2. The minimum Gasteiger partial charge on any atom is -0.289 e. The molecule has 0 aromatic heterocycles. The molecule has 0 radical (unpaired) electrons. The minimum absolute atomic E-state index is 0.0114. The summed E-state index contributed by atoms with van der Waals surface area (Å²) >= 11 is 0. The van der Waals surface area contributed by atoms with Gasteiger partial charge in [0.2, 0.25) is 5.78 Å². The largest absolute Gasteiger partial charge is 0.416 e. The van der Waals surface area contributed by atoms with Crippen molar-refractivity contribution in [3.8, 4) is 0 Å². The number of halogens is 12. The Morgan fingerprint density at radius 1 is 0.409 bits per heavy atom. The number of Topliss-reactive ketones (excluding diaryl/α,β-unsaturated/α-hetero) is 1. The van der Waals surface area contributed by atoms with Gasteiger partial charge in [0, 0.05) is 5.56 Å². The summed E-state index contributed by atoms with van der Waals surface area (Å²) < 4.78 is 173. The molecule has 0 amide bonds. The van der Waals surface area contributed by atoms with Crippen molar-refractivity contribution in [3.05, 3.63) is 221 Å². The summed E-state index contributed by atoms with van der Waals surface area (Å²) in [6, 6.07) is 40.6. The lowest BCUT2D eigenvalue weighted by molar-refractivity contribution is -0.138. The van der Waals surface area contributed by atoms with Crippen LogP contribution < -0.4 is 21.9 Å². The summed E-state index contributed by atoms with van der Waals surface area (Å²) in [4.78, 5) is 13.3. The highest BCUT2D eigenvalue weighted by Crippen LogP contribution is 2.33. The van der Waals surface area contributed by atoms with E-state index < -0.39 is 63.0 Å². The number of carbonyl (C=O) groups excluding carboxylic acids is 1. The lowest BCUT2D eigenvalue weighted by Gasteiger charge is -2.44.